The minimum absolute atomic E-state index is 0.0285. The van der Waals surface area contributed by atoms with Gasteiger partial charge in [-0.3, -0.25) is 4.79 Å². The van der Waals surface area contributed by atoms with Crippen LogP contribution in [0.15, 0.2) is 89.8 Å². The zero-order valence-electron chi connectivity index (χ0n) is 37.7. The number of benzene rings is 4. The summed E-state index contributed by atoms with van der Waals surface area (Å²) < 4.78 is 85.3. The maximum Gasteiger partial charge on any atom is 0.426 e. The molecule has 4 aromatic carbocycles. The van der Waals surface area contributed by atoms with Gasteiger partial charge in [0.25, 0.3) is 5.91 Å². The van der Waals surface area contributed by atoms with Crippen molar-refractivity contribution in [2.75, 3.05) is 50.2 Å². The average Bonchev–Trinajstić information content (AvgIpc) is 4.01. The van der Waals surface area contributed by atoms with Crippen LogP contribution in [0.25, 0.3) is 11.4 Å². The maximum absolute atomic E-state index is 16.2. The van der Waals surface area contributed by atoms with Crippen molar-refractivity contribution in [3.8, 4) is 28.6 Å². The summed E-state index contributed by atoms with van der Waals surface area (Å²) in [5.41, 5.74) is -0.400. The first-order valence-electron chi connectivity index (χ1n) is 21.3. The lowest BCUT2D eigenvalue weighted by Gasteiger charge is -2.38. The van der Waals surface area contributed by atoms with Gasteiger partial charge in [0.2, 0.25) is 15.8 Å². The number of aromatic nitrogens is 4. The molecule has 5 aromatic rings. The number of methoxy groups -OCH3 is 3. The topological polar surface area (TPSA) is 216 Å². The van der Waals surface area contributed by atoms with Crippen molar-refractivity contribution in [1.82, 2.24) is 29.4 Å². The fourth-order valence-electron chi connectivity index (χ4n) is 7.94. The van der Waals surface area contributed by atoms with Crippen molar-refractivity contribution in [2.45, 2.75) is 82.6 Å². The molecule has 352 valence electrons. The second kappa shape index (κ2) is 19.7. The van der Waals surface area contributed by atoms with Gasteiger partial charge in [0.05, 0.1) is 50.4 Å². The molecule has 66 heavy (non-hydrogen) atoms. The lowest BCUT2D eigenvalue weighted by atomic mass is 10.0. The molecule has 0 saturated carbocycles. The molecule has 3 heterocycles. The van der Waals surface area contributed by atoms with E-state index in [4.69, 9.17) is 18.4 Å². The number of nitrogens with zero attached hydrogens (tertiary/aromatic N) is 8. The van der Waals surface area contributed by atoms with Gasteiger partial charge in [-0.2, -0.15) is 17.5 Å². The maximum atomic E-state index is 16.2. The van der Waals surface area contributed by atoms with Gasteiger partial charge in [-0.05, 0) is 117 Å². The van der Waals surface area contributed by atoms with Gasteiger partial charge < -0.3 is 33.3 Å². The second-order valence-corrected chi connectivity index (χ2v) is 20.1. The molecule has 0 bridgehead atoms. The molecule has 7 rings (SSSR count). The molecule has 2 saturated heterocycles. The SMILES string of the molecule is COc1ccc(CN(Cc2ccc(OC)cc2)S(=O)(=O)c2c(N(C(C)(C)C)S(=O)(=O)OC(=O)N3CCCC3)ccc(N3CCC[C@@H](O)C3=O)c2-c2nnn(Cc3ccc(OC)cc3)n2)cc1. The van der Waals surface area contributed by atoms with E-state index in [0.717, 1.165) is 9.87 Å². The molecule has 2 aliphatic heterocycles. The highest BCUT2D eigenvalue weighted by atomic mass is 32.2. The van der Waals surface area contributed by atoms with E-state index in [-0.39, 0.29) is 62.8 Å². The molecular weight excluding hydrogens is 893 g/mol. The molecule has 1 aromatic heterocycles. The molecular formula is C45H54N8O11S2. The third kappa shape index (κ3) is 10.4. The van der Waals surface area contributed by atoms with Crippen molar-refractivity contribution >= 4 is 43.7 Å². The predicted molar refractivity (Wildman–Crippen MR) is 244 cm³/mol. The Hall–Kier alpha value is -6.29. The number of sulfonamides is 1. The first-order valence-corrected chi connectivity index (χ1v) is 24.1. The van der Waals surface area contributed by atoms with Crippen LogP contribution >= 0.6 is 0 Å². The molecule has 2 aliphatic rings. The van der Waals surface area contributed by atoms with Crippen LogP contribution in [0.4, 0.5) is 16.2 Å². The number of aliphatic hydroxyl groups is 1. The van der Waals surface area contributed by atoms with E-state index >= 15 is 8.42 Å². The highest BCUT2D eigenvalue weighted by Crippen LogP contribution is 2.46. The number of rotatable bonds is 16. The lowest BCUT2D eigenvalue weighted by molar-refractivity contribution is -0.128. The van der Waals surface area contributed by atoms with Crippen molar-refractivity contribution in [3.05, 3.63) is 102 Å². The summed E-state index contributed by atoms with van der Waals surface area (Å²) in [4.78, 5) is 30.5. The quantitative estimate of drug-likeness (QED) is 0.132. The van der Waals surface area contributed by atoms with E-state index in [0.29, 0.717) is 47.6 Å². The van der Waals surface area contributed by atoms with Gasteiger partial charge in [0, 0.05) is 32.7 Å². The minimum atomic E-state index is -5.17. The van der Waals surface area contributed by atoms with E-state index in [1.54, 1.807) is 79.9 Å². The zero-order chi connectivity index (χ0) is 47.4. The number of carbonyl (C=O) groups excluding carboxylic acids is 2. The van der Waals surface area contributed by atoms with Gasteiger partial charge in [0.15, 0.2) is 0 Å². The molecule has 19 nitrogen and oxygen atoms in total. The molecule has 0 unspecified atom stereocenters. The number of carbonyl (C=O) groups is 2. The molecule has 0 radical (unpaired) electrons. The van der Waals surface area contributed by atoms with Crippen molar-refractivity contribution in [2.24, 2.45) is 0 Å². The Morgan fingerprint density at radius 3 is 1.80 bits per heavy atom. The highest BCUT2D eigenvalue weighted by molar-refractivity contribution is 7.90. The van der Waals surface area contributed by atoms with Gasteiger partial charge in [0.1, 0.15) is 28.2 Å². The van der Waals surface area contributed by atoms with Crippen molar-refractivity contribution in [1.29, 1.82) is 0 Å². The number of hydrogen-bond donors (Lipinski definition) is 1. The van der Waals surface area contributed by atoms with Crippen LogP contribution < -0.4 is 23.4 Å². The van der Waals surface area contributed by atoms with Crippen LogP contribution in [0.1, 0.15) is 63.1 Å². The van der Waals surface area contributed by atoms with Crippen LogP contribution in [-0.2, 0) is 48.9 Å². The van der Waals surface area contributed by atoms with Crippen LogP contribution in [0.5, 0.6) is 17.2 Å². The Kier molecular flexibility index (Phi) is 14.2. The van der Waals surface area contributed by atoms with Crippen molar-refractivity contribution in [3.63, 3.8) is 0 Å². The number of likely N-dealkylation sites (tertiary alicyclic amines) is 1. The highest BCUT2D eigenvalue weighted by Gasteiger charge is 2.45. The van der Waals surface area contributed by atoms with Gasteiger partial charge in [-0.15, -0.1) is 10.2 Å². The third-order valence-corrected chi connectivity index (χ3v) is 14.6. The molecule has 21 heteroatoms. The average molecular weight is 947 g/mol. The Morgan fingerprint density at radius 2 is 1.29 bits per heavy atom. The smallest absolute Gasteiger partial charge is 0.426 e. The summed E-state index contributed by atoms with van der Waals surface area (Å²) in [5, 5.41) is 24.2. The second-order valence-electron chi connectivity index (χ2n) is 16.9. The van der Waals surface area contributed by atoms with E-state index in [1.165, 1.54) is 66.0 Å². The van der Waals surface area contributed by atoms with E-state index < -0.39 is 54.6 Å². The standard InChI is InChI=1S/C45H54N8O11S2/c1-45(2,3)53(66(59,60)64-44(56)49-25-7-8-26-49)38-24-23-37(51-27-9-10-39(54)43(51)55)40(42-46-48-52(47-42)30-33-15-21-36(63-6)22-16-33)41(38)65(57,58)50(28-31-11-17-34(61-4)18-12-31)29-32-13-19-35(62-5)20-14-32/h11-24,39,54H,7-10,25-30H2,1-6H3/t39-/m1/s1. The van der Waals surface area contributed by atoms with Gasteiger partial charge in [-0.1, -0.05) is 36.4 Å². The number of tetrazole rings is 1. The number of amides is 2. The number of aliphatic hydroxyl groups excluding tert-OH is 1. The van der Waals surface area contributed by atoms with Crippen LogP contribution in [0.2, 0.25) is 0 Å². The number of hydrogen-bond acceptors (Lipinski definition) is 14. The molecule has 2 fully saturated rings. The van der Waals surface area contributed by atoms with Gasteiger partial charge >= 0.3 is 16.4 Å². The first kappa shape index (κ1) is 47.7. The summed E-state index contributed by atoms with van der Waals surface area (Å²) in [5.74, 6) is 0.701. The summed E-state index contributed by atoms with van der Waals surface area (Å²) in [6, 6.07) is 23.3. The minimum Gasteiger partial charge on any atom is -0.497 e. The summed E-state index contributed by atoms with van der Waals surface area (Å²) >= 11 is 0. The number of anilines is 2. The number of ether oxygens (including phenoxy) is 3. The summed E-state index contributed by atoms with van der Waals surface area (Å²) in [6.45, 7) is 4.79. The van der Waals surface area contributed by atoms with E-state index in [1.807, 2.05) is 0 Å². The molecule has 2 amide bonds. The van der Waals surface area contributed by atoms with Crippen molar-refractivity contribution < 1.29 is 49.9 Å². The van der Waals surface area contributed by atoms with Crippen LogP contribution in [0, 0.1) is 0 Å². The van der Waals surface area contributed by atoms with E-state index in [9.17, 15) is 23.1 Å². The number of piperidine rings is 1. The van der Waals surface area contributed by atoms with E-state index in [2.05, 4.69) is 15.4 Å². The largest absolute Gasteiger partial charge is 0.497 e. The Labute approximate surface area is 384 Å². The first-order chi connectivity index (χ1) is 31.4. The fraction of sp³-hybridized carbons (Fsp3) is 0.400. The Morgan fingerprint density at radius 1 is 0.758 bits per heavy atom. The van der Waals surface area contributed by atoms with Crippen LogP contribution in [-0.4, -0.2) is 116 Å². The molecule has 1 N–H and O–H groups in total. The zero-order valence-corrected chi connectivity index (χ0v) is 39.3. The molecule has 0 aliphatic carbocycles. The summed E-state index contributed by atoms with van der Waals surface area (Å²) in [7, 11) is -5.62. The Bertz CT molecular complexity index is 2690. The Balaban J connectivity index is 1.51. The fourth-order valence-corrected chi connectivity index (χ4v) is 11.2. The van der Waals surface area contributed by atoms with Crippen LogP contribution in [0.3, 0.4) is 0 Å². The third-order valence-electron chi connectivity index (χ3n) is 11.2. The predicted octanol–water partition coefficient (Wildman–Crippen LogP) is 5.38. The monoisotopic (exact) mass is 946 g/mol. The molecule has 0 spiro atoms. The normalized spacial score (nSPS) is 15.8. The lowest BCUT2D eigenvalue weighted by Crippen LogP contribution is -2.49. The van der Waals surface area contributed by atoms with Gasteiger partial charge in [-0.25, -0.2) is 17.5 Å². The molecule has 1 atom stereocenters. The summed E-state index contributed by atoms with van der Waals surface area (Å²) in [6.07, 6.45) is -0.703.